The van der Waals surface area contributed by atoms with Gasteiger partial charge in [-0.1, -0.05) is 29.5 Å². The number of likely N-dealkylation sites (N-methyl/N-ethyl adjacent to an activating group) is 1. The van der Waals surface area contributed by atoms with Crippen LogP contribution in [0.1, 0.15) is 28.0 Å². The van der Waals surface area contributed by atoms with Crippen LogP contribution in [0.25, 0.3) is 0 Å². The number of nitrogens with zero attached hydrogens (tertiary/aromatic N) is 6. The molecule has 10 heteroatoms. The summed E-state index contributed by atoms with van der Waals surface area (Å²) in [4.78, 5) is 33.5. The van der Waals surface area contributed by atoms with E-state index >= 15 is 0 Å². The van der Waals surface area contributed by atoms with Gasteiger partial charge in [0.2, 0.25) is 0 Å². The predicted molar refractivity (Wildman–Crippen MR) is 161 cm³/mol. The number of carbonyl (C=O) groups excluding carboxylic acids is 1. The van der Waals surface area contributed by atoms with Crippen molar-refractivity contribution in [1.29, 1.82) is 0 Å². The van der Waals surface area contributed by atoms with Gasteiger partial charge in [0.05, 0.1) is 11.4 Å². The van der Waals surface area contributed by atoms with Crippen molar-refractivity contribution in [3.05, 3.63) is 71.5 Å². The number of aliphatic imine (C=N–C) groups is 1. The highest BCUT2D eigenvalue weighted by molar-refractivity contribution is 8.13. The van der Waals surface area contributed by atoms with E-state index in [-0.39, 0.29) is 5.91 Å². The number of benzene rings is 1. The fourth-order valence-corrected chi connectivity index (χ4v) is 5.39. The number of aryl methyl sites for hydroxylation is 1. The number of thioether (sulfide) groups is 1. The lowest BCUT2D eigenvalue weighted by molar-refractivity contribution is 0.0949. The van der Waals surface area contributed by atoms with Crippen LogP contribution in [-0.2, 0) is 5.75 Å². The average molecular weight is 545 g/mol. The number of hydrogen-bond acceptors (Lipinski definition) is 8. The van der Waals surface area contributed by atoms with Crippen LogP contribution in [0.15, 0.2) is 59.7 Å². The Balaban J connectivity index is 1.16. The Morgan fingerprint density at radius 1 is 1.13 bits per heavy atom. The zero-order valence-electron chi connectivity index (χ0n) is 22.9. The quantitative estimate of drug-likeness (QED) is 0.407. The highest BCUT2D eigenvalue weighted by Crippen LogP contribution is 2.31. The van der Waals surface area contributed by atoms with E-state index in [2.05, 4.69) is 73.5 Å². The van der Waals surface area contributed by atoms with Gasteiger partial charge in [-0.15, -0.1) is 0 Å². The summed E-state index contributed by atoms with van der Waals surface area (Å²) >= 11 is 1.57. The Bertz CT molecular complexity index is 1320. The molecule has 1 amide bonds. The number of pyridine rings is 2. The molecule has 2 aliphatic heterocycles. The number of hydrogen-bond donors (Lipinski definition) is 2. The van der Waals surface area contributed by atoms with Gasteiger partial charge in [-0.25, -0.2) is 15.0 Å². The number of carbonyl (C=O) groups is 1. The molecule has 2 aliphatic rings. The summed E-state index contributed by atoms with van der Waals surface area (Å²) in [7, 11) is 4.19. The molecule has 3 aromatic rings. The summed E-state index contributed by atoms with van der Waals surface area (Å²) in [5.74, 6) is 2.00. The van der Waals surface area contributed by atoms with Crippen LogP contribution in [0, 0.1) is 6.92 Å². The first-order valence-corrected chi connectivity index (χ1v) is 14.4. The van der Waals surface area contributed by atoms with E-state index in [0.717, 1.165) is 67.2 Å². The monoisotopic (exact) mass is 544 g/mol. The Kier molecular flexibility index (Phi) is 8.75. The molecule has 0 radical (unpaired) electrons. The van der Waals surface area contributed by atoms with Gasteiger partial charge >= 0.3 is 0 Å². The average Bonchev–Trinajstić information content (AvgIpc) is 2.96. The number of anilines is 3. The molecule has 4 heterocycles. The van der Waals surface area contributed by atoms with Gasteiger partial charge in [0.15, 0.2) is 11.0 Å². The number of amidine groups is 1. The lowest BCUT2D eigenvalue weighted by atomic mass is 10.2. The molecule has 1 saturated heterocycles. The maximum absolute atomic E-state index is 12.7. The van der Waals surface area contributed by atoms with E-state index in [4.69, 9.17) is 4.98 Å². The summed E-state index contributed by atoms with van der Waals surface area (Å²) in [5, 5.41) is 7.14. The normalized spacial score (nSPS) is 16.9. The minimum absolute atomic E-state index is 0.0961. The second kappa shape index (κ2) is 12.6. The molecule has 0 spiro atoms. The number of fused-ring (bicyclic) bond motifs is 1. The Morgan fingerprint density at radius 2 is 1.92 bits per heavy atom. The molecule has 0 saturated carbocycles. The zero-order chi connectivity index (χ0) is 27.2. The molecule has 0 unspecified atom stereocenters. The highest BCUT2D eigenvalue weighted by atomic mass is 32.2. The molecular formula is C29H36N8OS. The lowest BCUT2D eigenvalue weighted by Crippen LogP contribution is -2.45. The van der Waals surface area contributed by atoms with Crippen LogP contribution in [0.2, 0.25) is 0 Å². The molecule has 0 atom stereocenters. The molecule has 2 N–H and O–H groups in total. The second-order valence-corrected chi connectivity index (χ2v) is 11.0. The van der Waals surface area contributed by atoms with Crippen molar-refractivity contribution in [3.63, 3.8) is 0 Å². The molecule has 5 rings (SSSR count). The summed E-state index contributed by atoms with van der Waals surface area (Å²) < 4.78 is 0. The number of piperazine rings is 1. The van der Waals surface area contributed by atoms with E-state index < -0.39 is 0 Å². The van der Waals surface area contributed by atoms with Crippen molar-refractivity contribution < 1.29 is 4.79 Å². The summed E-state index contributed by atoms with van der Waals surface area (Å²) in [6.45, 7) is 8.15. The van der Waals surface area contributed by atoms with Crippen molar-refractivity contribution in [1.82, 2.24) is 25.1 Å². The summed E-state index contributed by atoms with van der Waals surface area (Å²) in [6, 6.07) is 15.9. The van der Waals surface area contributed by atoms with Crippen LogP contribution >= 0.6 is 11.8 Å². The molecule has 0 aliphatic carbocycles. The standard InChI is InChI=1S/C29H36N8OS/c1-21-5-7-23(8-6-21)36(3)27-10-9-24-25(32-27)20-39-29(33-24)34-26-19-22(11-13-30-26)28(38)31-12-4-14-37-17-15-35(2)16-18-37/h5-11,13,19H,4,12,14-18,20H2,1-3H3,(H,31,38)(H,30,33,34). The number of nitrogens with one attached hydrogen (secondary N) is 2. The third-order valence-corrected chi connectivity index (χ3v) is 7.95. The van der Waals surface area contributed by atoms with E-state index in [0.29, 0.717) is 23.7 Å². The minimum atomic E-state index is -0.0961. The van der Waals surface area contributed by atoms with Gasteiger partial charge in [-0.2, -0.15) is 0 Å². The largest absolute Gasteiger partial charge is 0.352 e. The van der Waals surface area contributed by atoms with Crippen LogP contribution < -0.4 is 15.5 Å². The van der Waals surface area contributed by atoms with Crippen molar-refractivity contribution in [3.8, 4) is 0 Å². The zero-order valence-corrected chi connectivity index (χ0v) is 23.7. The molecule has 1 fully saturated rings. The summed E-state index contributed by atoms with van der Waals surface area (Å²) in [5.41, 5.74) is 4.80. The van der Waals surface area contributed by atoms with Crippen LogP contribution in [-0.4, -0.2) is 84.2 Å². The van der Waals surface area contributed by atoms with E-state index in [1.54, 1.807) is 30.1 Å². The molecule has 2 aromatic heterocycles. The number of rotatable bonds is 8. The molecule has 1 aromatic carbocycles. The van der Waals surface area contributed by atoms with Crippen LogP contribution in [0.3, 0.4) is 0 Å². The Labute approximate surface area is 234 Å². The van der Waals surface area contributed by atoms with E-state index in [1.807, 2.05) is 19.2 Å². The molecule has 9 nitrogen and oxygen atoms in total. The SMILES string of the molecule is Cc1ccc(N(C)c2ccc3c(n2)CSC(=Nc2cc(C(=O)NCCCN4CCN(C)CC4)ccn2)N3)cc1. The van der Waals surface area contributed by atoms with Crippen LogP contribution in [0.4, 0.5) is 23.0 Å². The number of aromatic nitrogens is 2. The van der Waals surface area contributed by atoms with Crippen molar-refractivity contribution in [2.75, 3.05) is 63.6 Å². The maximum Gasteiger partial charge on any atom is 0.251 e. The fraction of sp³-hybridized carbons (Fsp3) is 0.379. The Morgan fingerprint density at radius 3 is 2.72 bits per heavy atom. The van der Waals surface area contributed by atoms with Gasteiger partial charge in [0.25, 0.3) is 5.91 Å². The Hall–Kier alpha value is -3.47. The molecular weight excluding hydrogens is 508 g/mol. The first-order chi connectivity index (χ1) is 18.9. The maximum atomic E-state index is 12.7. The van der Waals surface area contributed by atoms with Crippen molar-refractivity contribution in [2.45, 2.75) is 19.1 Å². The van der Waals surface area contributed by atoms with Gasteiger partial charge in [-0.3, -0.25) is 4.79 Å². The molecule has 0 bridgehead atoms. The first-order valence-electron chi connectivity index (χ1n) is 13.4. The molecule has 204 valence electrons. The third-order valence-electron chi connectivity index (χ3n) is 7.07. The number of amides is 1. The molecule has 39 heavy (non-hydrogen) atoms. The van der Waals surface area contributed by atoms with E-state index in [1.165, 1.54) is 5.56 Å². The smallest absolute Gasteiger partial charge is 0.251 e. The first kappa shape index (κ1) is 27.1. The summed E-state index contributed by atoms with van der Waals surface area (Å²) in [6.07, 6.45) is 2.57. The van der Waals surface area contributed by atoms with Gasteiger partial charge < -0.3 is 25.3 Å². The van der Waals surface area contributed by atoms with Gasteiger partial charge in [0, 0.05) is 63.0 Å². The van der Waals surface area contributed by atoms with Gasteiger partial charge in [-0.05, 0) is 63.3 Å². The third kappa shape index (κ3) is 7.14. The predicted octanol–water partition coefficient (Wildman–Crippen LogP) is 4.27. The van der Waals surface area contributed by atoms with Gasteiger partial charge in [0.1, 0.15) is 5.82 Å². The van der Waals surface area contributed by atoms with E-state index in [9.17, 15) is 4.79 Å². The van der Waals surface area contributed by atoms with Crippen molar-refractivity contribution in [2.24, 2.45) is 4.99 Å². The highest BCUT2D eigenvalue weighted by Gasteiger charge is 2.18. The van der Waals surface area contributed by atoms with Crippen molar-refractivity contribution >= 4 is 45.8 Å². The lowest BCUT2D eigenvalue weighted by Gasteiger charge is -2.32. The fourth-order valence-electron chi connectivity index (χ4n) is 4.55. The minimum Gasteiger partial charge on any atom is -0.352 e. The topological polar surface area (TPSA) is 89.0 Å². The van der Waals surface area contributed by atoms with Crippen LogP contribution in [0.5, 0.6) is 0 Å². The second-order valence-electron chi connectivity index (χ2n) is 10.0.